The van der Waals surface area contributed by atoms with Crippen molar-refractivity contribution in [2.45, 2.75) is 134 Å². The highest BCUT2D eigenvalue weighted by atomic mass is 16.6. The summed E-state index contributed by atoms with van der Waals surface area (Å²) in [4.78, 5) is 0. The van der Waals surface area contributed by atoms with E-state index >= 15 is 0 Å². The Morgan fingerprint density at radius 2 is 1.32 bits per heavy atom. The lowest BCUT2D eigenvalue weighted by Crippen LogP contribution is -2.42. The molecule has 0 aromatic rings. The molecule has 0 amide bonds. The Bertz CT molecular complexity index is 415. The molecular weight excluding hydrogens is 392 g/mol. The topological polar surface area (TPSA) is 79.2 Å². The molecule has 0 aliphatic carbocycles. The summed E-state index contributed by atoms with van der Waals surface area (Å²) in [6, 6.07) is 0. The second kappa shape index (κ2) is 20.2. The van der Waals surface area contributed by atoms with E-state index in [0.717, 1.165) is 19.3 Å². The van der Waals surface area contributed by atoms with Crippen LogP contribution in [0, 0.1) is 0 Å². The third-order valence-electron chi connectivity index (χ3n) is 6.22. The molecular formula is C26H50O5. The smallest absolute Gasteiger partial charge is 0.114 e. The van der Waals surface area contributed by atoms with Crippen molar-refractivity contribution in [2.75, 3.05) is 19.8 Å². The highest BCUT2D eigenvalue weighted by molar-refractivity contribution is 4.88. The molecule has 5 nitrogen and oxygen atoms in total. The molecule has 1 fully saturated rings. The molecule has 0 spiro atoms. The highest BCUT2D eigenvalue weighted by Crippen LogP contribution is 2.20. The average molecular weight is 443 g/mol. The van der Waals surface area contributed by atoms with Gasteiger partial charge >= 0.3 is 0 Å². The largest absolute Gasteiger partial charge is 0.394 e. The van der Waals surface area contributed by atoms with Gasteiger partial charge < -0.3 is 24.8 Å². The Hall–Kier alpha value is -0.460. The molecule has 3 N–H and O–H groups in total. The number of hydrogen-bond donors (Lipinski definition) is 3. The molecule has 0 radical (unpaired) electrons. The standard InChI is InChI=1S/C26H50O5/c1-2-3-4-5-6-7-8-9-10-11-12-13-14-15-16-17-18-19-20-30-24(21-27)26-25(29)23(28)22-31-26/h15-16,23-29H,2-14,17-22H2,1H3/b16-15+/t23-,24+,25-,26-/m0/s1. The quantitative estimate of drug-likeness (QED) is 0.166. The van der Waals surface area contributed by atoms with E-state index < -0.39 is 24.4 Å². The third-order valence-corrected chi connectivity index (χ3v) is 6.22. The van der Waals surface area contributed by atoms with Gasteiger partial charge in [0.2, 0.25) is 0 Å². The molecule has 0 saturated carbocycles. The van der Waals surface area contributed by atoms with Crippen molar-refractivity contribution in [2.24, 2.45) is 0 Å². The maximum absolute atomic E-state index is 9.84. The molecule has 1 rings (SSSR count). The summed E-state index contributed by atoms with van der Waals surface area (Å²) in [6.45, 7) is 2.68. The Balaban J connectivity index is 1.83. The van der Waals surface area contributed by atoms with Crippen LogP contribution in [-0.2, 0) is 9.47 Å². The Kier molecular flexibility index (Phi) is 18.6. The first-order chi connectivity index (χ1) is 15.2. The van der Waals surface area contributed by atoms with E-state index in [0.29, 0.717) is 6.61 Å². The lowest BCUT2D eigenvalue weighted by molar-refractivity contribution is -0.101. The number of aliphatic hydroxyl groups excluding tert-OH is 3. The predicted octanol–water partition coefficient (Wildman–Crippen LogP) is 5.30. The second-order valence-corrected chi connectivity index (χ2v) is 9.09. The molecule has 0 aromatic carbocycles. The lowest BCUT2D eigenvalue weighted by Gasteiger charge is -2.24. The minimum absolute atomic E-state index is 0.0929. The van der Waals surface area contributed by atoms with Crippen molar-refractivity contribution in [1.29, 1.82) is 0 Å². The molecule has 0 bridgehead atoms. The van der Waals surface area contributed by atoms with Crippen molar-refractivity contribution < 1.29 is 24.8 Å². The monoisotopic (exact) mass is 442 g/mol. The van der Waals surface area contributed by atoms with Crippen LogP contribution in [0.15, 0.2) is 12.2 Å². The fourth-order valence-electron chi connectivity index (χ4n) is 4.14. The van der Waals surface area contributed by atoms with Gasteiger partial charge in [-0.3, -0.25) is 0 Å². The van der Waals surface area contributed by atoms with Crippen molar-refractivity contribution in [1.82, 2.24) is 0 Å². The Labute approximate surface area is 191 Å². The van der Waals surface area contributed by atoms with Gasteiger partial charge in [0.25, 0.3) is 0 Å². The van der Waals surface area contributed by atoms with Gasteiger partial charge in [-0.1, -0.05) is 89.7 Å². The van der Waals surface area contributed by atoms with Crippen LogP contribution in [0.5, 0.6) is 0 Å². The summed E-state index contributed by atoms with van der Waals surface area (Å²) >= 11 is 0. The van der Waals surface area contributed by atoms with Crippen LogP contribution < -0.4 is 0 Å². The van der Waals surface area contributed by atoms with Crippen LogP contribution in [0.1, 0.15) is 110 Å². The molecule has 1 aliphatic heterocycles. The second-order valence-electron chi connectivity index (χ2n) is 9.09. The minimum Gasteiger partial charge on any atom is -0.394 e. The molecule has 0 aromatic heterocycles. The van der Waals surface area contributed by atoms with Gasteiger partial charge in [0.15, 0.2) is 0 Å². The molecule has 5 heteroatoms. The number of aliphatic hydroxyl groups is 3. The fraction of sp³-hybridized carbons (Fsp3) is 0.923. The average Bonchev–Trinajstić information content (AvgIpc) is 3.11. The highest BCUT2D eigenvalue weighted by Gasteiger charge is 2.40. The van der Waals surface area contributed by atoms with Gasteiger partial charge in [0.05, 0.1) is 13.2 Å². The zero-order valence-electron chi connectivity index (χ0n) is 20.1. The lowest BCUT2D eigenvalue weighted by atomic mass is 10.0. The number of rotatable bonds is 21. The summed E-state index contributed by atoms with van der Waals surface area (Å²) in [5, 5.41) is 28.8. The van der Waals surface area contributed by atoms with Gasteiger partial charge in [0, 0.05) is 6.61 Å². The van der Waals surface area contributed by atoms with Gasteiger partial charge in [-0.05, 0) is 32.1 Å². The summed E-state index contributed by atoms with van der Waals surface area (Å²) in [7, 11) is 0. The first kappa shape index (κ1) is 28.6. The Morgan fingerprint density at radius 3 is 1.81 bits per heavy atom. The summed E-state index contributed by atoms with van der Waals surface area (Å²) in [5.41, 5.74) is 0. The first-order valence-electron chi connectivity index (χ1n) is 13.1. The van der Waals surface area contributed by atoms with Crippen LogP contribution in [0.3, 0.4) is 0 Å². The molecule has 184 valence electrons. The normalized spacial score (nSPS) is 22.5. The number of unbranched alkanes of at least 4 members (excludes halogenated alkanes) is 14. The Morgan fingerprint density at radius 1 is 0.806 bits per heavy atom. The molecule has 1 saturated heterocycles. The van der Waals surface area contributed by atoms with E-state index in [-0.39, 0.29) is 13.2 Å². The number of ether oxygens (including phenoxy) is 2. The van der Waals surface area contributed by atoms with Crippen LogP contribution in [0.25, 0.3) is 0 Å². The molecule has 4 atom stereocenters. The maximum Gasteiger partial charge on any atom is 0.114 e. The molecule has 1 heterocycles. The van der Waals surface area contributed by atoms with Gasteiger partial charge in [-0.15, -0.1) is 0 Å². The van der Waals surface area contributed by atoms with E-state index in [1.807, 2.05) is 0 Å². The van der Waals surface area contributed by atoms with E-state index in [1.165, 1.54) is 83.5 Å². The maximum atomic E-state index is 9.84. The molecule has 31 heavy (non-hydrogen) atoms. The van der Waals surface area contributed by atoms with Crippen molar-refractivity contribution in [3.05, 3.63) is 12.2 Å². The summed E-state index contributed by atoms with van der Waals surface area (Å²) < 4.78 is 11.0. The first-order valence-corrected chi connectivity index (χ1v) is 13.1. The van der Waals surface area contributed by atoms with E-state index in [2.05, 4.69) is 19.1 Å². The van der Waals surface area contributed by atoms with Crippen LogP contribution in [0.2, 0.25) is 0 Å². The third kappa shape index (κ3) is 14.3. The summed E-state index contributed by atoms with van der Waals surface area (Å²) in [6.07, 6.45) is 22.4. The van der Waals surface area contributed by atoms with Crippen LogP contribution in [-0.4, -0.2) is 59.6 Å². The van der Waals surface area contributed by atoms with Gasteiger partial charge in [-0.25, -0.2) is 0 Å². The van der Waals surface area contributed by atoms with Crippen molar-refractivity contribution in [3.8, 4) is 0 Å². The van der Waals surface area contributed by atoms with Crippen LogP contribution in [0.4, 0.5) is 0 Å². The summed E-state index contributed by atoms with van der Waals surface area (Å²) in [5.74, 6) is 0. The number of allylic oxidation sites excluding steroid dienone is 2. The van der Waals surface area contributed by atoms with Gasteiger partial charge in [0.1, 0.15) is 24.4 Å². The molecule has 1 aliphatic rings. The zero-order chi connectivity index (χ0) is 22.6. The van der Waals surface area contributed by atoms with Gasteiger partial charge in [-0.2, -0.15) is 0 Å². The fourth-order valence-corrected chi connectivity index (χ4v) is 4.14. The van der Waals surface area contributed by atoms with Crippen molar-refractivity contribution in [3.63, 3.8) is 0 Å². The van der Waals surface area contributed by atoms with Crippen molar-refractivity contribution >= 4 is 0 Å². The van der Waals surface area contributed by atoms with Crippen LogP contribution >= 0.6 is 0 Å². The minimum atomic E-state index is -0.986. The predicted molar refractivity (Wildman–Crippen MR) is 127 cm³/mol. The zero-order valence-corrected chi connectivity index (χ0v) is 20.1. The van der Waals surface area contributed by atoms with E-state index in [9.17, 15) is 15.3 Å². The van der Waals surface area contributed by atoms with E-state index in [4.69, 9.17) is 9.47 Å². The SMILES string of the molecule is CCCCCCCCCCCCCC/C=C/CCCCO[C@H](CO)[C@@H]1OC[C@H](O)[C@@H]1O. The number of hydrogen-bond acceptors (Lipinski definition) is 5. The molecule has 0 unspecified atom stereocenters. The van der Waals surface area contributed by atoms with E-state index in [1.54, 1.807) is 0 Å².